The Morgan fingerprint density at radius 2 is 1.54 bits per heavy atom. The summed E-state index contributed by atoms with van der Waals surface area (Å²) in [5.41, 5.74) is 3.90. The maximum absolute atomic E-state index is 12.7. The third-order valence-corrected chi connectivity index (χ3v) is 5.26. The number of hydrogen-bond acceptors (Lipinski definition) is 2. The molecule has 1 amide bonds. The molecule has 0 atom stereocenters. The Kier molecular flexibility index (Phi) is 5.35. The fraction of sp³-hybridized carbons (Fsp3) is 0.0435. The number of amides is 1. The first-order valence-corrected chi connectivity index (χ1v) is 9.72. The molecule has 4 nitrogen and oxygen atoms in total. The van der Waals surface area contributed by atoms with Crippen molar-refractivity contribution in [2.45, 2.75) is 6.54 Å². The summed E-state index contributed by atoms with van der Waals surface area (Å²) in [4.78, 5) is 12.7. The minimum atomic E-state index is -0.159. The average Bonchev–Trinajstić information content (AvgIpc) is 3.17. The molecule has 0 radical (unpaired) electrons. The highest BCUT2D eigenvalue weighted by Crippen LogP contribution is 2.21. The van der Waals surface area contributed by atoms with Gasteiger partial charge in [-0.2, -0.15) is 5.10 Å². The first-order valence-electron chi connectivity index (χ1n) is 8.93. The molecule has 0 aliphatic rings. The van der Waals surface area contributed by atoms with Gasteiger partial charge in [-0.15, -0.1) is 0 Å². The fourth-order valence-corrected chi connectivity index (χ4v) is 3.40. The summed E-state index contributed by atoms with van der Waals surface area (Å²) in [5.74, 6) is 0.501. The van der Waals surface area contributed by atoms with E-state index in [0.29, 0.717) is 17.9 Å². The molecule has 0 saturated heterocycles. The molecular formula is C23H18BrN3O. The first kappa shape index (κ1) is 18.2. The summed E-state index contributed by atoms with van der Waals surface area (Å²) in [7, 11) is 0. The van der Waals surface area contributed by atoms with Crippen LogP contribution in [-0.4, -0.2) is 15.7 Å². The van der Waals surface area contributed by atoms with Crippen molar-refractivity contribution in [3.63, 3.8) is 0 Å². The largest absolute Gasteiger partial charge is 0.307 e. The smallest absolute Gasteiger partial charge is 0.256 e. The number of nitrogens with zero attached hydrogens (tertiary/aromatic N) is 2. The molecule has 0 saturated carbocycles. The Hall–Kier alpha value is -3.18. The lowest BCUT2D eigenvalue weighted by molar-refractivity contribution is 0.102. The quantitative estimate of drug-likeness (QED) is 0.446. The Balaban J connectivity index is 1.49. The van der Waals surface area contributed by atoms with Crippen LogP contribution >= 0.6 is 15.9 Å². The van der Waals surface area contributed by atoms with Crippen molar-refractivity contribution in [3.05, 3.63) is 107 Å². The van der Waals surface area contributed by atoms with E-state index in [2.05, 4.69) is 38.5 Å². The summed E-state index contributed by atoms with van der Waals surface area (Å²) in [5, 5.41) is 7.29. The summed E-state index contributed by atoms with van der Waals surface area (Å²) in [6.07, 6.45) is 1.69. The number of rotatable bonds is 5. The van der Waals surface area contributed by atoms with Crippen LogP contribution in [0.3, 0.4) is 0 Å². The summed E-state index contributed by atoms with van der Waals surface area (Å²) in [6, 6.07) is 27.5. The van der Waals surface area contributed by atoms with Crippen molar-refractivity contribution < 1.29 is 4.79 Å². The molecule has 0 aliphatic carbocycles. The van der Waals surface area contributed by atoms with Crippen LogP contribution in [-0.2, 0) is 6.54 Å². The number of aromatic nitrogens is 2. The number of hydrogen-bond donors (Lipinski definition) is 1. The van der Waals surface area contributed by atoms with E-state index in [9.17, 15) is 4.79 Å². The van der Waals surface area contributed by atoms with Crippen molar-refractivity contribution in [2.24, 2.45) is 0 Å². The molecule has 28 heavy (non-hydrogen) atoms. The summed E-state index contributed by atoms with van der Waals surface area (Å²) >= 11 is 3.55. The monoisotopic (exact) mass is 431 g/mol. The van der Waals surface area contributed by atoms with Gasteiger partial charge in [-0.05, 0) is 34.9 Å². The van der Waals surface area contributed by atoms with E-state index in [1.165, 1.54) is 0 Å². The van der Waals surface area contributed by atoms with E-state index in [4.69, 9.17) is 0 Å². The predicted octanol–water partition coefficient (Wildman–Crippen LogP) is 5.61. The molecule has 3 aromatic carbocycles. The van der Waals surface area contributed by atoms with Crippen LogP contribution in [0.2, 0.25) is 0 Å². The standard InChI is InChI=1S/C23H18BrN3O/c24-21-9-5-4-8-20(21)16-27-22(14-15-25-27)26-23(28)19-12-10-18(11-13-19)17-6-2-1-3-7-17/h1-15H,16H2,(H,26,28). The molecule has 1 heterocycles. The normalized spacial score (nSPS) is 10.6. The highest BCUT2D eigenvalue weighted by atomic mass is 79.9. The summed E-state index contributed by atoms with van der Waals surface area (Å²) < 4.78 is 2.79. The fourth-order valence-electron chi connectivity index (χ4n) is 2.99. The molecule has 0 aliphatic heterocycles. The zero-order valence-electron chi connectivity index (χ0n) is 15.0. The molecule has 1 aromatic heterocycles. The number of carbonyl (C=O) groups is 1. The van der Waals surface area contributed by atoms with Crippen molar-refractivity contribution in [1.29, 1.82) is 0 Å². The summed E-state index contributed by atoms with van der Waals surface area (Å²) in [6.45, 7) is 0.566. The Bertz CT molecular complexity index is 1090. The lowest BCUT2D eigenvalue weighted by Gasteiger charge is -2.10. The average molecular weight is 432 g/mol. The lowest BCUT2D eigenvalue weighted by Crippen LogP contribution is -2.16. The second-order valence-corrected chi connectivity index (χ2v) is 7.22. The van der Waals surface area contributed by atoms with E-state index in [-0.39, 0.29) is 5.91 Å². The Labute approximate surface area is 172 Å². The highest BCUT2D eigenvalue weighted by molar-refractivity contribution is 9.10. The number of nitrogens with one attached hydrogen (secondary N) is 1. The molecule has 0 unspecified atom stereocenters. The van der Waals surface area contributed by atoms with Crippen molar-refractivity contribution >= 4 is 27.7 Å². The van der Waals surface area contributed by atoms with Gasteiger partial charge in [0.25, 0.3) is 5.91 Å². The van der Waals surface area contributed by atoms with Gasteiger partial charge < -0.3 is 5.32 Å². The van der Waals surface area contributed by atoms with Gasteiger partial charge in [-0.3, -0.25) is 4.79 Å². The molecule has 4 aromatic rings. The highest BCUT2D eigenvalue weighted by Gasteiger charge is 2.11. The van der Waals surface area contributed by atoms with Crippen LogP contribution in [0.25, 0.3) is 11.1 Å². The van der Waals surface area contributed by atoms with Crippen LogP contribution in [0.1, 0.15) is 15.9 Å². The molecular weight excluding hydrogens is 414 g/mol. The van der Waals surface area contributed by atoms with E-state index in [0.717, 1.165) is 21.2 Å². The number of anilines is 1. The number of benzene rings is 3. The lowest BCUT2D eigenvalue weighted by atomic mass is 10.0. The number of carbonyl (C=O) groups excluding carboxylic acids is 1. The van der Waals surface area contributed by atoms with Gasteiger partial charge in [-0.25, -0.2) is 4.68 Å². The van der Waals surface area contributed by atoms with E-state index < -0.39 is 0 Å². The Morgan fingerprint density at radius 1 is 0.857 bits per heavy atom. The van der Waals surface area contributed by atoms with Gasteiger partial charge in [0.05, 0.1) is 12.7 Å². The first-order chi connectivity index (χ1) is 13.7. The second kappa shape index (κ2) is 8.23. The molecule has 1 N–H and O–H groups in total. The van der Waals surface area contributed by atoms with Gasteiger partial charge >= 0.3 is 0 Å². The third kappa shape index (κ3) is 4.05. The topological polar surface area (TPSA) is 46.9 Å². The van der Waals surface area contributed by atoms with Crippen LogP contribution in [0.5, 0.6) is 0 Å². The van der Waals surface area contributed by atoms with Gasteiger partial charge in [-0.1, -0.05) is 76.6 Å². The molecule has 0 fully saturated rings. The van der Waals surface area contributed by atoms with Crippen LogP contribution in [0, 0.1) is 0 Å². The second-order valence-electron chi connectivity index (χ2n) is 6.36. The van der Waals surface area contributed by atoms with E-state index in [1.54, 1.807) is 16.9 Å². The van der Waals surface area contributed by atoms with Crippen molar-refractivity contribution in [1.82, 2.24) is 9.78 Å². The zero-order chi connectivity index (χ0) is 19.3. The minimum Gasteiger partial charge on any atom is -0.307 e. The zero-order valence-corrected chi connectivity index (χ0v) is 16.6. The van der Waals surface area contributed by atoms with Crippen LogP contribution < -0.4 is 5.32 Å². The molecule has 138 valence electrons. The van der Waals surface area contributed by atoms with Crippen molar-refractivity contribution in [3.8, 4) is 11.1 Å². The van der Waals surface area contributed by atoms with Gasteiger partial charge in [0.1, 0.15) is 5.82 Å². The Morgan fingerprint density at radius 3 is 2.29 bits per heavy atom. The SMILES string of the molecule is O=C(Nc1ccnn1Cc1ccccc1Br)c1ccc(-c2ccccc2)cc1. The van der Waals surface area contributed by atoms with Crippen LogP contribution in [0.4, 0.5) is 5.82 Å². The van der Waals surface area contributed by atoms with E-state index in [1.807, 2.05) is 66.7 Å². The van der Waals surface area contributed by atoms with Gasteiger partial charge in [0.2, 0.25) is 0 Å². The van der Waals surface area contributed by atoms with Crippen molar-refractivity contribution in [2.75, 3.05) is 5.32 Å². The molecule has 4 rings (SSSR count). The van der Waals surface area contributed by atoms with E-state index >= 15 is 0 Å². The molecule has 5 heteroatoms. The van der Waals surface area contributed by atoms with Gasteiger partial charge in [0, 0.05) is 16.1 Å². The number of halogens is 1. The maximum atomic E-state index is 12.7. The predicted molar refractivity (Wildman–Crippen MR) is 115 cm³/mol. The van der Waals surface area contributed by atoms with Crippen LogP contribution in [0.15, 0.2) is 95.6 Å². The maximum Gasteiger partial charge on any atom is 0.256 e. The third-order valence-electron chi connectivity index (χ3n) is 4.49. The molecule has 0 bridgehead atoms. The van der Waals surface area contributed by atoms with Gasteiger partial charge in [0.15, 0.2) is 0 Å². The minimum absolute atomic E-state index is 0.159. The molecule has 0 spiro atoms.